The second-order valence-corrected chi connectivity index (χ2v) is 4.75. The number of H-pyrrole nitrogens is 1. The van der Waals surface area contributed by atoms with Crippen molar-refractivity contribution in [3.63, 3.8) is 0 Å². The van der Waals surface area contributed by atoms with Crippen molar-refractivity contribution in [2.45, 2.75) is 24.2 Å². The van der Waals surface area contributed by atoms with Crippen molar-refractivity contribution < 1.29 is 0 Å². The Labute approximate surface area is 88.4 Å². The van der Waals surface area contributed by atoms with E-state index in [2.05, 4.69) is 34.2 Å². The van der Waals surface area contributed by atoms with E-state index in [9.17, 15) is 0 Å². The number of aromatic amines is 1. The molecule has 4 rings (SSSR count). The van der Waals surface area contributed by atoms with E-state index in [-0.39, 0.29) is 0 Å². The third kappa shape index (κ3) is 0.827. The Morgan fingerprint density at radius 3 is 3.07 bits per heavy atom. The van der Waals surface area contributed by atoms with Crippen LogP contribution in [0.5, 0.6) is 0 Å². The topological polar surface area (TPSA) is 28.7 Å². The van der Waals surface area contributed by atoms with Gasteiger partial charge in [0.15, 0.2) is 0 Å². The molecule has 0 saturated heterocycles. The molecule has 2 heteroatoms. The summed E-state index contributed by atoms with van der Waals surface area (Å²) in [7, 11) is 0. The third-order valence-corrected chi connectivity index (χ3v) is 4.05. The summed E-state index contributed by atoms with van der Waals surface area (Å²) in [5.41, 5.74) is 4.79. The summed E-state index contributed by atoms with van der Waals surface area (Å²) in [6.07, 6.45) is 6.27. The lowest BCUT2D eigenvalue weighted by Crippen LogP contribution is -2.08. The average molecular weight is 196 g/mol. The van der Waals surface area contributed by atoms with Crippen molar-refractivity contribution in [3.05, 3.63) is 53.6 Å². The Hall–Kier alpha value is -1.57. The summed E-state index contributed by atoms with van der Waals surface area (Å²) in [6.45, 7) is 0. The van der Waals surface area contributed by atoms with Crippen LogP contribution in [-0.2, 0) is 11.8 Å². The van der Waals surface area contributed by atoms with E-state index in [0.717, 1.165) is 5.92 Å². The molecule has 1 N–H and O–H groups in total. The standard InChI is InChI=1S/C13H12N2/c1-2-4-10-9(3-1)5-13(6-11(10)13)12-7-14-8-15-12/h1-4,7-8,11H,5-6H2,(H,14,15)/t11-,13-/m0/s1. The zero-order chi connectivity index (χ0) is 9.88. The smallest absolute Gasteiger partial charge is 0.0921 e. The summed E-state index contributed by atoms with van der Waals surface area (Å²) in [5, 5.41) is 0. The Kier molecular flexibility index (Phi) is 1.19. The fourth-order valence-corrected chi connectivity index (χ4v) is 3.20. The van der Waals surface area contributed by atoms with Crippen LogP contribution < -0.4 is 0 Å². The Morgan fingerprint density at radius 2 is 2.27 bits per heavy atom. The van der Waals surface area contributed by atoms with Gasteiger partial charge in [-0.3, -0.25) is 0 Å². The molecule has 1 saturated carbocycles. The highest BCUT2D eigenvalue weighted by Gasteiger charge is 2.61. The molecule has 2 nitrogen and oxygen atoms in total. The minimum Gasteiger partial charge on any atom is -0.348 e. The fourth-order valence-electron chi connectivity index (χ4n) is 3.20. The number of benzene rings is 1. The van der Waals surface area contributed by atoms with Crippen LogP contribution in [0.4, 0.5) is 0 Å². The number of hydrogen-bond acceptors (Lipinski definition) is 1. The molecule has 0 spiro atoms. The molecule has 74 valence electrons. The lowest BCUT2D eigenvalue weighted by molar-refractivity contribution is 0.679. The molecule has 0 radical (unpaired) electrons. The predicted octanol–water partition coefficient (Wildman–Crippen LogP) is 2.39. The Morgan fingerprint density at radius 1 is 1.33 bits per heavy atom. The second kappa shape index (κ2) is 2.32. The van der Waals surface area contributed by atoms with Gasteiger partial charge in [0.05, 0.1) is 6.33 Å². The molecule has 1 aromatic carbocycles. The highest BCUT2D eigenvalue weighted by molar-refractivity contribution is 5.51. The van der Waals surface area contributed by atoms with E-state index in [0.29, 0.717) is 5.41 Å². The van der Waals surface area contributed by atoms with E-state index in [1.165, 1.54) is 24.1 Å². The van der Waals surface area contributed by atoms with Crippen LogP contribution in [-0.4, -0.2) is 9.97 Å². The van der Waals surface area contributed by atoms with Crippen molar-refractivity contribution in [2.24, 2.45) is 0 Å². The van der Waals surface area contributed by atoms with E-state index in [1.807, 2.05) is 6.20 Å². The quantitative estimate of drug-likeness (QED) is 0.745. The number of nitrogens with zero attached hydrogens (tertiary/aromatic N) is 1. The van der Waals surface area contributed by atoms with Gasteiger partial charge in [-0.2, -0.15) is 0 Å². The summed E-state index contributed by atoms with van der Waals surface area (Å²) in [6, 6.07) is 8.84. The van der Waals surface area contributed by atoms with Crippen LogP contribution in [0, 0.1) is 0 Å². The monoisotopic (exact) mass is 196 g/mol. The van der Waals surface area contributed by atoms with Crippen molar-refractivity contribution >= 4 is 0 Å². The molecule has 2 aromatic rings. The molecule has 0 bridgehead atoms. The molecule has 0 amide bonds. The zero-order valence-electron chi connectivity index (χ0n) is 8.40. The molecule has 1 fully saturated rings. The third-order valence-electron chi connectivity index (χ3n) is 4.05. The lowest BCUT2D eigenvalue weighted by atomic mass is 9.98. The molecule has 1 aromatic heterocycles. The molecule has 0 aliphatic heterocycles. The Balaban J connectivity index is 1.84. The van der Waals surface area contributed by atoms with Gasteiger partial charge in [0.1, 0.15) is 0 Å². The maximum absolute atomic E-state index is 4.15. The van der Waals surface area contributed by atoms with Crippen molar-refractivity contribution in [3.8, 4) is 0 Å². The van der Waals surface area contributed by atoms with Crippen LogP contribution >= 0.6 is 0 Å². The summed E-state index contributed by atoms with van der Waals surface area (Å²) in [4.78, 5) is 7.43. The maximum Gasteiger partial charge on any atom is 0.0921 e. The second-order valence-electron chi connectivity index (χ2n) is 4.75. The number of fused-ring (bicyclic) bond motifs is 3. The van der Waals surface area contributed by atoms with Crippen molar-refractivity contribution in [1.82, 2.24) is 9.97 Å². The van der Waals surface area contributed by atoms with E-state index < -0.39 is 0 Å². The highest BCUT2D eigenvalue weighted by atomic mass is 14.9. The van der Waals surface area contributed by atoms with Crippen molar-refractivity contribution in [1.29, 1.82) is 0 Å². The molecule has 0 unspecified atom stereocenters. The molecule has 2 atom stereocenters. The molecular formula is C13H12N2. The van der Waals surface area contributed by atoms with Crippen LogP contribution in [0.15, 0.2) is 36.8 Å². The first-order chi connectivity index (χ1) is 7.40. The molecule has 15 heavy (non-hydrogen) atoms. The molecular weight excluding hydrogens is 184 g/mol. The number of nitrogens with one attached hydrogen (secondary N) is 1. The van der Waals surface area contributed by atoms with Gasteiger partial charge in [-0.05, 0) is 29.9 Å². The number of imidazole rings is 1. The van der Waals surface area contributed by atoms with E-state index in [4.69, 9.17) is 0 Å². The van der Waals surface area contributed by atoms with Gasteiger partial charge in [-0.25, -0.2) is 4.98 Å². The van der Waals surface area contributed by atoms with Crippen molar-refractivity contribution in [2.75, 3.05) is 0 Å². The Bertz CT molecular complexity index is 515. The van der Waals surface area contributed by atoms with E-state index in [1.54, 1.807) is 11.9 Å². The highest BCUT2D eigenvalue weighted by Crippen LogP contribution is 2.66. The summed E-state index contributed by atoms with van der Waals surface area (Å²) >= 11 is 0. The minimum atomic E-state index is 0.375. The van der Waals surface area contributed by atoms with Crippen LogP contribution in [0.3, 0.4) is 0 Å². The summed E-state index contributed by atoms with van der Waals surface area (Å²) < 4.78 is 0. The normalized spacial score (nSPS) is 31.1. The van der Waals surface area contributed by atoms with Gasteiger partial charge in [-0.15, -0.1) is 0 Å². The predicted molar refractivity (Wildman–Crippen MR) is 57.8 cm³/mol. The first kappa shape index (κ1) is 7.69. The van der Waals surface area contributed by atoms with Crippen LogP contribution in [0.25, 0.3) is 0 Å². The lowest BCUT2D eigenvalue weighted by Gasteiger charge is -2.08. The largest absolute Gasteiger partial charge is 0.348 e. The van der Waals surface area contributed by atoms with Crippen LogP contribution in [0.1, 0.15) is 29.2 Å². The molecule has 2 aliphatic rings. The summed E-state index contributed by atoms with van der Waals surface area (Å²) in [5.74, 6) is 0.745. The minimum absolute atomic E-state index is 0.375. The maximum atomic E-state index is 4.15. The van der Waals surface area contributed by atoms with Gasteiger partial charge in [0.25, 0.3) is 0 Å². The van der Waals surface area contributed by atoms with Gasteiger partial charge >= 0.3 is 0 Å². The van der Waals surface area contributed by atoms with Gasteiger partial charge < -0.3 is 4.98 Å². The average Bonchev–Trinajstić information content (AvgIpc) is 2.70. The molecule has 1 heterocycles. The van der Waals surface area contributed by atoms with Gasteiger partial charge in [0.2, 0.25) is 0 Å². The van der Waals surface area contributed by atoms with Gasteiger partial charge in [0, 0.05) is 17.3 Å². The first-order valence-corrected chi connectivity index (χ1v) is 5.47. The van der Waals surface area contributed by atoms with Gasteiger partial charge in [-0.1, -0.05) is 24.3 Å². The van der Waals surface area contributed by atoms with Crippen LogP contribution in [0.2, 0.25) is 0 Å². The zero-order valence-corrected chi connectivity index (χ0v) is 8.40. The number of aromatic nitrogens is 2. The first-order valence-electron chi connectivity index (χ1n) is 5.47. The SMILES string of the molecule is c1ccc2c(c1)C[C@]1(c3cnc[nH]3)C[C@@H]21. The molecule has 2 aliphatic carbocycles. The number of hydrogen-bond donors (Lipinski definition) is 1. The van der Waals surface area contributed by atoms with E-state index >= 15 is 0 Å². The number of rotatable bonds is 1. The fraction of sp³-hybridized carbons (Fsp3) is 0.308.